The zero-order valence-electron chi connectivity index (χ0n) is 19.6. The Morgan fingerprint density at radius 2 is 1.94 bits per heavy atom. The Balaban J connectivity index is 1.51. The number of β-amino-alcohol motifs (C(OH)–C–C–N with tert-alkyl or cyclic N) is 1. The van der Waals surface area contributed by atoms with Gasteiger partial charge in [0.2, 0.25) is 11.8 Å². The predicted octanol–water partition coefficient (Wildman–Crippen LogP) is 2.91. The average Bonchev–Trinajstić information content (AvgIpc) is 3.33. The molecule has 2 aliphatic rings. The molecule has 2 heterocycles. The molecule has 1 saturated heterocycles. The fourth-order valence-electron chi connectivity index (χ4n) is 4.91. The molecule has 3 unspecified atom stereocenters. The van der Waals surface area contributed by atoms with Crippen molar-refractivity contribution in [1.29, 1.82) is 0 Å². The number of aryl methyl sites for hydroxylation is 1. The summed E-state index contributed by atoms with van der Waals surface area (Å²) in [7, 11) is 0. The number of nitrogens with one attached hydrogen (secondary N) is 1. The molecule has 1 fully saturated rings. The third-order valence-corrected chi connectivity index (χ3v) is 6.93. The van der Waals surface area contributed by atoms with Crippen molar-refractivity contribution in [1.82, 2.24) is 15.1 Å². The number of hydrogen-bond donors (Lipinski definition) is 2. The highest BCUT2D eigenvalue weighted by Gasteiger charge is 2.45. The van der Waals surface area contributed by atoms with Crippen molar-refractivity contribution in [2.45, 2.75) is 58.5 Å². The largest absolute Gasteiger partial charge is 0.391 e. The summed E-state index contributed by atoms with van der Waals surface area (Å²) in [5.41, 5.74) is 3.38. The van der Waals surface area contributed by atoms with Crippen molar-refractivity contribution < 1.29 is 19.5 Å². The standard InChI is InChI=1S/C26H30ClN3O4/c1-15(2)23(30-13-18-6-4-5-7-21(18)25(30)33)26(34)29-14-20(31)11-22(29)24(32)28-12-17-8-9-19(27)10-16(17)3/h4-10,15,20,22-23,31H,11-14H2,1-3H3,(H,28,32). The summed E-state index contributed by atoms with van der Waals surface area (Å²) in [4.78, 5) is 42.9. The molecule has 34 heavy (non-hydrogen) atoms. The van der Waals surface area contributed by atoms with Gasteiger partial charge in [0.1, 0.15) is 12.1 Å². The van der Waals surface area contributed by atoms with Crippen LogP contribution in [0.4, 0.5) is 0 Å². The van der Waals surface area contributed by atoms with E-state index in [2.05, 4.69) is 5.32 Å². The zero-order chi connectivity index (χ0) is 24.6. The fourth-order valence-corrected chi connectivity index (χ4v) is 5.14. The highest BCUT2D eigenvalue weighted by molar-refractivity contribution is 6.30. The van der Waals surface area contributed by atoms with Gasteiger partial charge in [0.05, 0.1) is 6.10 Å². The molecule has 2 aromatic carbocycles. The van der Waals surface area contributed by atoms with E-state index in [1.54, 1.807) is 17.0 Å². The lowest BCUT2D eigenvalue weighted by Crippen LogP contribution is -2.55. The number of aliphatic hydroxyl groups excluding tert-OH is 1. The van der Waals surface area contributed by atoms with Crippen LogP contribution < -0.4 is 5.32 Å². The maximum Gasteiger partial charge on any atom is 0.255 e. The van der Waals surface area contributed by atoms with E-state index in [0.29, 0.717) is 23.7 Å². The average molecular weight is 484 g/mol. The van der Waals surface area contributed by atoms with Crippen LogP contribution in [0.2, 0.25) is 5.02 Å². The molecule has 2 N–H and O–H groups in total. The molecule has 0 aliphatic carbocycles. The highest BCUT2D eigenvalue weighted by Crippen LogP contribution is 2.30. The van der Waals surface area contributed by atoms with E-state index in [4.69, 9.17) is 11.6 Å². The molecule has 0 bridgehead atoms. The van der Waals surface area contributed by atoms with E-state index in [1.165, 1.54) is 4.90 Å². The van der Waals surface area contributed by atoms with E-state index in [1.807, 2.05) is 51.1 Å². The van der Waals surface area contributed by atoms with Crippen LogP contribution in [0.15, 0.2) is 42.5 Å². The Morgan fingerprint density at radius 1 is 1.21 bits per heavy atom. The van der Waals surface area contributed by atoms with Gasteiger partial charge in [-0.1, -0.05) is 49.7 Å². The summed E-state index contributed by atoms with van der Waals surface area (Å²) < 4.78 is 0. The van der Waals surface area contributed by atoms with Gasteiger partial charge in [-0.25, -0.2) is 0 Å². The molecule has 180 valence electrons. The summed E-state index contributed by atoms with van der Waals surface area (Å²) in [5.74, 6) is -0.973. The maximum absolute atomic E-state index is 13.7. The lowest BCUT2D eigenvalue weighted by atomic mass is 10.0. The van der Waals surface area contributed by atoms with Crippen molar-refractivity contribution in [3.05, 3.63) is 69.7 Å². The molecule has 7 nitrogen and oxygen atoms in total. The summed E-state index contributed by atoms with van der Waals surface area (Å²) in [6, 6.07) is 11.3. The van der Waals surface area contributed by atoms with Crippen molar-refractivity contribution in [2.75, 3.05) is 6.54 Å². The Morgan fingerprint density at radius 3 is 2.62 bits per heavy atom. The first-order valence-electron chi connectivity index (χ1n) is 11.6. The van der Waals surface area contributed by atoms with E-state index >= 15 is 0 Å². The van der Waals surface area contributed by atoms with Crippen LogP contribution >= 0.6 is 11.6 Å². The lowest BCUT2D eigenvalue weighted by Gasteiger charge is -2.35. The topological polar surface area (TPSA) is 89.9 Å². The van der Waals surface area contributed by atoms with Crippen LogP contribution in [-0.4, -0.2) is 57.4 Å². The third-order valence-electron chi connectivity index (χ3n) is 6.69. The molecular weight excluding hydrogens is 454 g/mol. The number of halogens is 1. The van der Waals surface area contributed by atoms with Gasteiger partial charge in [0, 0.05) is 36.6 Å². The minimum Gasteiger partial charge on any atom is -0.391 e. The van der Waals surface area contributed by atoms with Gasteiger partial charge in [-0.15, -0.1) is 0 Å². The second kappa shape index (κ2) is 9.76. The summed E-state index contributed by atoms with van der Waals surface area (Å²) in [5, 5.41) is 13.9. The van der Waals surface area contributed by atoms with Crippen LogP contribution in [-0.2, 0) is 22.7 Å². The second-order valence-corrected chi connectivity index (χ2v) is 9.90. The fraction of sp³-hybridized carbons (Fsp3) is 0.423. The number of amides is 3. The Labute approximate surface area is 204 Å². The molecular formula is C26H30ClN3O4. The number of hydrogen-bond acceptors (Lipinski definition) is 4. The van der Waals surface area contributed by atoms with Crippen LogP contribution in [0.3, 0.4) is 0 Å². The Kier molecular flexibility index (Phi) is 6.96. The molecule has 2 aromatic rings. The van der Waals surface area contributed by atoms with Crippen molar-refractivity contribution in [3.8, 4) is 0 Å². The highest BCUT2D eigenvalue weighted by atomic mass is 35.5. The summed E-state index contributed by atoms with van der Waals surface area (Å²) >= 11 is 6.01. The van der Waals surface area contributed by atoms with Gasteiger partial charge in [0.25, 0.3) is 5.91 Å². The van der Waals surface area contributed by atoms with Gasteiger partial charge < -0.3 is 20.2 Å². The monoisotopic (exact) mass is 483 g/mol. The lowest BCUT2D eigenvalue weighted by molar-refractivity contribution is -0.143. The molecule has 2 aliphatic heterocycles. The van der Waals surface area contributed by atoms with Crippen LogP contribution in [0.5, 0.6) is 0 Å². The molecule has 0 spiro atoms. The van der Waals surface area contributed by atoms with Gasteiger partial charge >= 0.3 is 0 Å². The molecule has 0 radical (unpaired) electrons. The number of rotatable bonds is 6. The van der Waals surface area contributed by atoms with Crippen molar-refractivity contribution in [2.24, 2.45) is 5.92 Å². The predicted molar refractivity (Wildman–Crippen MR) is 129 cm³/mol. The second-order valence-electron chi connectivity index (χ2n) is 9.46. The van der Waals surface area contributed by atoms with Crippen LogP contribution in [0.1, 0.15) is 47.3 Å². The van der Waals surface area contributed by atoms with Crippen molar-refractivity contribution >= 4 is 29.3 Å². The van der Waals surface area contributed by atoms with E-state index in [-0.39, 0.29) is 36.6 Å². The zero-order valence-corrected chi connectivity index (χ0v) is 20.4. The third kappa shape index (κ3) is 4.68. The maximum atomic E-state index is 13.7. The number of likely N-dealkylation sites (tertiary alicyclic amines) is 1. The smallest absolute Gasteiger partial charge is 0.255 e. The first-order chi connectivity index (χ1) is 16.2. The Hall–Kier alpha value is -2.90. The van der Waals surface area contributed by atoms with Crippen molar-refractivity contribution in [3.63, 3.8) is 0 Å². The SMILES string of the molecule is Cc1cc(Cl)ccc1CNC(=O)C1CC(O)CN1C(=O)C(C(C)C)N1Cc2ccccc2C1=O. The van der Waals surface area contributed by atoms with Crippen LogP contribution in [0, 0.1) is 12.8 Å². The number of nitrogens with zero attached hydrogens (tertiary/aromatic N) is 2. The van der Waals surface area contributed by atoms with E-state index < -0.39 is 18.2 Å². The van der Waals surface area contributed by atoms with Gasteiger partial charge in [0.15, 0.2) is 0 Å². The van der Waals surface area contributed by atoms with E-state index in [0.717, 1.165) is 16.7 Å². The minimum atomic E-state index is -0.795. The molecule has 4 rings (SSSR count). The van der Waals surface area contributed by atoms with Gasteiger partial charge in [-0.05, 0) is 47.7 Å². The number of aliphatic hydroxyl groups is 1. The first kappa shape index (κ1) is 24.2. The van der Waals surface area contributed by atoms with Gasteiger partial charge in [-0.3, -0.25) is 14.4 Å². The molecule has 3 amide bonds. The van der Waals surface area contributed by atoms with Crippen LogP contribution in [0.25, 0.3) is 0 Å². The van der Waals surface area contributed by atoms with Gasteiger partial charge in [-0.2, -0.15) is 0 Å². The molecule has 0 aromatic heterocycles. The normalized spacial score (nSPS) is 20.6. The quantitative estimate of drug-likeness (QED) is 0.661. The minimum absolute atomic E-state index is 0.0646. The van der Waals surface area contributed by atoms with E-state index in [9.17, 15) is 19.5 Å². The summed E-state index contributed by atoms with van der Waals surface area (Å²) in [6.45, 7) is 6.42. The number of benzene rings is 2. The number of carbonyl (C=O) groups excluding carboxylic acids is 3. The molecule has 0 saturated carbocycles. The first-order valence-corrected chi connectivity index (χ1v) is 11.9. The number of fused-ring (bicyclic) bond motifs is 1. The Bertz CT molecular complexity index is 1120. The molecule has 8 heteroatoms. The number of carbonyl (C=O) groups is 3. The molecule has 3 atom stereocenters. The summed E-state index contributed by atoms with van der Waals surface area (Å²) in [6.07, 6.45) is -0.632.